The number of aliphatic hydroxyl groups is 1. The second-order valence-electron chi connectivity index (χ2n) is 11.6. The Morgan fingerprint density at radius 3 is 2.48 bits per heavy atom. The number of hydrogen-bond acceptors (Lipinski definition) is 7. The predicted octanol–water partition coefficient (Wildman–Crippen LogP) is 4.81. The van der Waals surface area contributed by atoms with Crippen molar-refractivity contribution in [3.63, 3.8) is 0 Å². The molecule has 1 spiro atoms. The predicted molar refractivity (Wildman–Crippen MR) is 164 cm³/mol. The molecule has 7 rings (SSSR count). The lowest BCUT2D eigenvalue weighted by Crippen LogP contribution is -2.57. The number of allylic oxidation sites excluding steroid dienone is 1. The summed E-state index contributed by atoms with van der Waals surface area (Å²) in [6.45, 7) is 1.59. The molecule has 4 aromatic rings. The Kier molecular flexibility index (Phi) is 7.57. The van der Waals surface area contributed by atoms with Crippen molar-refractivity contribution in [2.45, 2.75) is 50.2 Å². The minimum absolute atomic E-state index is 0.00830. The normalized spacial score (nSPS) is 21.3. The molecular formula is C35H35N3O6. The first kappa shape index (κ1) is 28.2. The number of para-hydroxylation sites is 2. The van der Waals surface area contributed by atoms with E-state index in [1.54, 1.807) is 11.2 Å². The van der Waals surface area contributed by atoms with Crippen LogP contribution in [0.4, 0.5) is 5.69 Å². The first-order chi connectivity index (χ1) is 21.5. The van der Waals surface area contributed by atoms with E-state index in [-0.39, 0.29) is 30.1 Å². The third-order valence-electron chi connectivity index (χ3n) is 9.10. The number of ether oxygens (including phenoxy) is 2. The molecule has 2 saturated heterocycles. The van der Waals surface area contributed by atoms with Crippen LogP contribution in [-0.2, 0) is 32.3 Å². The molecule has 3 aliphatic heterocycles. The molecule has 3 aliphatic rings. The molecule has 0 saturated carbocycles. The molecule has 0 bridgehead atoms. The van der Waals surface area contributed by atoms with Crippen molar-refractivity contribution in [1.29, 1.82) is 0 Å². The van der Waals surface area contributed by atoms with E-state index in [1.807, 2.05) is 84.9 Å². The number of carbonyl (C=O) groups excluding carboxylic acids is 2. The number of hydrogen-bond donors (Lipinski definition) is 2. The van der Waals surface area contributed by atoms with Gasteiger partial charge in [0.15, 0.2) is 5.76 Å². The minimum atomic E-state index is -0.685. The van der Waals surface area contributed by atoms with Crippen molar-refractivity contribution < 1.29 is 28.6 Å². The van der Waals surface area contributed by atoms with E-state index >= 15 is 0 Å². The van der Waals surface area contributed by atoms with Crippen molar-refractivity contribution in [3.8, 4) is 0 Å². The van der Waals surface area contributed by atoms with Gasteiger partial charge in [-0.05, 0) is 48.2 Å². The van der Waals surface area contributed by atoms with Gasteiger partial charge in [-0.15, -0.1) is 0 Å². The topological polar surface area (TPSA) is 104 Å². The van der Waals surface area contributed by atoms with Crippen LogP contribution in [-0.4, -0.2) is 53.4 Å². The molecular weight excluding hydrogens is 558 g/mol. The molecule has 2 fully saturated rings. The second kappa shape index (κ2) is 11.8. The summed E-state index contributed by atoms with van der Waals surface area (Å²) in [5.41, 5.74) is 3.85. The van der Waals surface area contributed by atoms with E-state index in [2.05, 4.69) is 10.2 Å². The molecule has 2 amide bonds. The number of rotatable bonds is 7. The highest BCUT2D eigenvalue weighted by Gasteiger charge is 2.51. The highest BCUT2D eigenvalue weighted by Crippen LogP contribution is 2.39. The van der Waals surface area contributed by atoms with Crippen LogP contribution >= 0.6 is 0 Å². The number of furan rings is 1. The van der Waals surface area contributed by atoms with Gasteiger partial charge in [-0.3, -0.25) is 9.59 Å². The standard InChI is InChI=1S/C35H35N3O6/c39-20-24-10-12-25(13-11-24)21-43-32-19-26(29-22-42-30-9-5-4-8-28(29)30)18-31(44-32)33(40)37-16-14-35(15-17-37)34(41)36-23-38(35)27-6-2-1-3-7-27/h1-13,18,22,26,32,39H,14-17,19-21,23H2,(H,36,41). The number of nitrogens with zero attached hydrogens (tertiary/aromatic N) is 2. The van der Waals surface area contributed by atoms with Gasteiger partial charge in [-0.1, -0.05) is 60.7 Å². The maximum absolute atomic E-state index is 14.0. The quantitative estimate of drug-likeness (QED) is 0.317. The number of nitrogens with one attached hydrogen (secondary N) is 1. The van der Waals surface area contributed by atoms with Crippen LogP contribution < -0.4 is 10.2 Å². The van der Waals surface area contributed by atoms with E-state index in [0.717, 1.165) is 33.3 Å². The number of aliphatic hydroxyl groups excluding tert-OH is 1. The number of benzene rings is 3. The molecule has 226 valence electrons. The summed E-state index contributed by atoms with van der Waals surface area (Å²) in [7, 11) is 0. The van der Waals surface area contributed by atoms with Gasteiger partial charge in [-0.2, -0.15) is 0 Å². The Morgan fingerprint density at radius 1 is 0.977 bits per heavy atom. The number of amides is 2. The first-order valence-electron chi connectivity index (χ1n) is 15.1. The lowest BCUT2D eigenvalue weighted by Gasteiger charge is -2.43. The van der Waals surface area contributed by atoms with E-state index in [4.69, 9.17) is 13.9 Å². The maximum atomic E-state index is 14.0. The van der Waals surface area contributed by atoms with E-state index in [9.17, 15) is 14.7 Å². The van der Waals surface area contributed by atoms with Crippen molar-refractivity contribution in [2.75, 3.05) is 24.7 Å². The summed E-state index contributed by atoms with van der Waals surface area (Å²) in [6.07, 6.45) is 4.55. The average Bonchev–Trinajstić information content (AvgIpc) is 3.65. The molecule has 9 nitrogen and oxygen atoms in total. The molecule has 0 radical (unpaired) electrons. The molecule has 2 unspecified atom stereocenters. The van der Waals surface area contributed by atoms with Gasteiger partial charge in [-0.25, -0.2) is 0 Å². The van der Waals surface area contributed by atoms with Crippen molar-refractivity contribution >= 4 is 28.5 Å². The second-order valence-corrected chi connectivity index (χ2v) is 11.6. The Bertz CT molecular complexity index is 1670. The zero-order valence-electron chi connectivity index (χ0n) is 24.4. The molecule has 3 aromatic carbocycles. The Hall–Kier alpha value is -4.60. The fourth-order valence-electron chi connectivity index (χ4n) is 6.61. The molecule has 2 N–H and O–H groups in total. The monoisotopic (exact) mass is 593 g/mol. The highest BCUT2D eigenvalue weighted by atomic mass is 16.7. The van der Waals surface area contributed by atoms with Gasteiger partial charge in [0.05, 0.1) is 26.1 Å². The van der Waals surface area contributed by atoms with Crippen molar-refractivity contribution in [1.82, 2.24) is 10.2 Å². The highest BCUT2D eigenvalue weighted by molar-refractivity contribution is 5.95. The zero-order valence-corrected chi connectivity index (χ0v) is 24.4. The van der Waals surface area contributed by atoms with Gasteiger partial charge < -0.3 is 34.1 Å². The fourth-order valence-corrected chi connectivity index (χ4v) is 6.61. The Labute approximate surface area is 255 Å². The van der Waals surface area contributed by atoms with Crippen LogP contribution in [0, 0.1) is 0 Å². The summed E-state index contributed by atoms with van der Waals surface area (Å²) in [6, 6.07) is 25.4. The van der Waals surface area contributed by atoms with Crippen LogP contribution in [0.15, 0.2) is 101 Å². The zero-order chi connectivity index (χ0) is 30.1. The van der Waals surface area contributed by atoms with Crippen LogP contribution in [0.1, 0.15) is 41.9 Å². The van der Waals surface area contributed by atoms with E-state index < -0.39 is 11.8 Å². The largest absolute Gasteiger partial charge is 0.464 e. The summed E-state index contributed by atoms with van der Waals surface area (Å²) in [4.78, 5) is 31.0. The van der Waals surface area contributed by atoms with Crippen molar-refractivity contribution in [3.05, 3.63) is 114 Å². The number of likely N-dealkylation sites (tertiary alicyclic amines) is 1. The number of anilines is 1. The van der Waals surface area contributed by atoms with Gasteiger partial charge in [0.2, 0.25) is 12.2 Å². The fraction of sp³-hybridized carbons (Fsp3) is 0.314. The Morgan fingerprint density at radius 2 is 1.70 bits per heavy atom. The minimum Gasteiger partial charge on any atom is -0.464 e. The average molecular weight is 594 g/mol. The molecule has 0 aliphatic carbocycles. The molecule has 44 heavy (non-hydrogen) atoms. The first-order valence-corrected chi connectivity index (χ1v) is 15.1. The number of carbonyl (C=O) groups is 2. The molecule has 9 heteroatoms. The van der Waals surface area contributed by atoms with Crippen LogP contribution in [0.2, 0.25) is 0 Å². The number of fused-ring (bicyclic) bond motifs is 1. The Balaban J connectivity index is 1.11. The third kappa shape index (κ3) is 5.22. The lowest BCUT2D eigenvalue weighted by molar-refractivity contribution is -0.157. The molecule has 2 atom stereocenters. The van der Waals surface area contributed by atoms with Gasteiger partial charge >= 0.3 is 0 Å². The van der Waals surface area contributed by atoms with E-state index in [0.29, 0.717) is 45.6 Å². The van der Waals surface area contributed by atoms with Gasteiger partial charge in [0.1, 0.15) is 11.1 Å². The molecule has 1 aromatic heterocycles. The number of piperidine rings is 1. The van der Waals surface area contributed by atoms with Crippen LogP contribution in [0.5, 0.6) is 0 Å². The smallest absolute Gasteiger partial charge is 0.288 e. The van der Waals surface area contributed by atoms with Crippen LogP contribution in [0.25, 0.3) is 11.0 Å². The summed E-state index contributed by atoms with van der Waals surface area (Å²) in [5.74, 6) is -0.103. The van der Waals surface area contributed by atoms with E-state index in [1.165, 1.54) is 0 Å². The molecule has 4 heterocycles. The summed E-state index contributed by atoms with van der Waals surface area (Å²) in [5, 5.41) is 13.4. The lowest BCUT2D eigenvalue weighted by atomic mass is 9.85. The summed E-state index contributed by atoms with van der Waals surface area (Å²) < 4.78 is 18.3. The van der Waals surface area contributed by atoms with Gasteiger partial charge in [0.25, 0.3) is 5.91 Å². The third-order valence-corrected chi connectivity index (χ3v) is 9.10. The van der Waals surface area contributed by atoms with Crippen LogP contribution in [0.3, 0.4) is 0 Å². The summed E-state index contributed by atoms with van der Waals surface area (Å²) >= 11 is 0. The van der Waals surface area contributed by atoms with Crippen molar-refractivity contribution in [2.24, 2.45) is 0 Å². The SMILES string of the molecule is O=C(C1=CC(c2coc3ccccc23)CC(OCc2ccc(CO)cc2)O1)N1CCC2(CC1)C(=O)NCN2c1ccccc1. The van der Waals surface area contributed by atoms with Gasteiger partial charge in [0, 0.05) is 42.1 Å². The maximum Gasteiger partial charge on any atom is 0.288 e.